The fourth-order valence-corrected chi connectivity index (χ4v) is 4.63. The van der Waals surface area contributed by atoms with Crippen LogP contribution in [0.1, 0.15) is 27.5 Å². The molecule has 0 aliphatic carbocycles. The average Bonchev–Trinajstić information content (AvgIpc) is 3.09. The van der Waals surface area contributed by atoms with Crippen LogP contribution in [0, 0.1) is 5.82 Å². The van der Waals surface area contributed by atoms with Crippen LogP contribution in [0.3, 0.4) is 0 Å². The third-order valence-electron chi connectivity index (χ3n) is 6.24. The molecule has 2 aliphatic rings. The molecule has 160 valence electrons. The molecule has 0 aromatic heterocycles. The number of rotatable bonds is 5. The van der Waals surface area contributed by atoms with Gasteiger partial charge in [-0.3, -0.25) is 9.69 Å². The van der Waals surface area contributed by atoms with Crippen molar-refractivity contribution in [2.24, 2.45) is 0 Å². The van der Waals surface area contributed by atoms with Gasteiger partial charge >= 0.3 is 0 Å². The standard InChI is InChI=1S/C23H28ClFN4O/c1-27-10-12-29(13-11-27)21(16-6-7-20-17(14-16)8-9-28(20)2)15-26-23(30)22-18(24)4-3-5-19(22)25/h3-7,14,21H,8-13,15H2,1-2H3,(H,26,30). The Morgan fingerprint density at radius 3 is 2.63 bits per heavy atom. The van der Waals surface area contributed by atoms with Crippen molar-refractivity contribution in [1.29, 1.82) is 0 Å². The molecule has 0 bridgehead atoms. The quantitative estimate of drug-likeness (QED) is 0.790. The summed E-state index contributed by atoms with van der Waals surface area (Å²) in [6.07, 6.45) is 1.03. The van der Waals surface area contributed by atoms with E-state index >= 15 is 0 Å². The molecule has 2 aliphatic heterocycles. The second-order valence-corrected chi connectivity index (χ2v) is 8.63. The number of carbonyl (C=O) groups excluding carboxylic acids is 1. The fourth-order valence-electron chi connectivity index (χ4n) is 4.38. The Labute approximate surface area is 182 Å². The lowest BCUT2D eigenvalue weighted by Gasteiger charge is -2.38. The third kappa shape index (κ3) is 4.31. The summed E-state index contributed by atoms with van der Waals surface area (Å²) >= 11 is 6.08. The Morgan fingerprint density at radius 1 is 1.13 bits per heavy atom. The van der Waals surface area contributed by atoms with Crippen molar-refractivity contribution in [2.75, 3.05) is 58.3 Å². The highest BCUT2D eigenvalue weighted by molar-refractivity contribution is 6.33. The van der Waals surface area contributed by atoms with Crippen molar-refractivity contribution in [3.05, 3.63) is 63.9 Å². The van der Waals surface area contributed by atoms with Crippen LogP contribution >= 0.6 is 11.6 Å². The zero-order valence-corrected chi connectivity index (χ0v) is 18.3. The first-order chi connectivity index (χ1) is 14.4. The molecule has 5 nitrogen and oxygen atoms in total. The van der Waals surface area contributed by atoms with Gasteiger partial charge in [0.15, 0.2) is 0 Å². The number of hydrogen-bond donors (Lipinski definition) is 1. The number of piperazine rings is 1. The molecule has 1 fully saturated rings. The zero-order chi connectivity index (χ0) is 21.3. The van der Waals surface area contributed by atoms with E-state index in [2.05, 4.69) is 52.3 Å². The van der Waals surface area contributed by atoms with Crippen molar-refractivity contribution in [3.8, 4) is 0 Å². The minimum Gasteiger partial charge on any atom is -0.374 e. The summed E-state index contributed by atoms with van der Waals surface area (Å²) in [5, 5.41) is 3.06. The van der Waals surface area contributed by atoms with Gasteiger partial charge in [0.1, 0.15) is 5.82 Å². The SMILES string of the molecule is CN1CCN(C(CNC(=O)c2c(F)cccc2Cl)c2ccc3c(c2)CCN3C)CC1. The van der Waals surface area contributed by atoms with Gasteiger partial charge in [-0.2, -0.15) is 0 Å². The molecule has 2 heterocycles. The van der Waals surface area contributed by atoms with E-state index in [1.807, 2.05) is 0 Å². The van der Waals surface area contributed by atoms with Crippen molar-refractivity contribution in [2.45, 2.75) is 12.5 Å². The minimum atomic E-state index is -0.600. The molecule has 1 N–H and O–H groups in total. The van der Waals surface area contributed by atoms with Gasteiger partial charge in [-0.25, -0.2) is 4.39 Å². The lowest BCUT2D eigenvalue weighted by molar-refractivity contribution is 0.0883. The molecule has 0 saturated carbocycles. The van der Waals surface area contributed by atoms with E-state index in [1.165, 1.54) is 35.0 Å². The van der Waals surface area contributed by atoms with Gasteiger partial charge in [-0.15, -0.1) is 0 Å². The first-order valence-electron chi connectivity index (χ1n) is 10.4. The summed E-state index contributed by atoms with van der Waals surface area (Å²) in [5.74, 6) is -1.07. The first kappa shape index (κ1) is 21.1. The lowest BCUT2D eigenvalue weighted by atomic mass is 10.00. The monoisotopic (exact) mass is 430 g/mol. The molecular weight excluding hydrogens is 403 g/mol. The highest BCUT2D eigenvalue weighted by Gasteiger charge is 2.27. The molecule has 1 unspecified atom stereocenters. The van der Waals surface area contributed by atoms with Gasteiger partial charge in [0.25, 0.3) is 5.91 Å². The molecule has 1 saturated heterocycles. The number of fused-ring (bicyclic) bond motifs is 1. The van der Waals surface area contributed by atoms with E-state index in [9.17, 15) is 9.18 Å². The van der Waals surface area contributed by atoms with Gasteiger partial charge in [0, 0.05) is 52.0 Å². The Hall–Kier alpha value is -2.15. The number of halogens is 2. The normalized spacial score (nSPS) is 18.3. The number of nitrogens with one attached hydrogen (secondary N) is 1. The van der Waals surface area contributed by atoms with E-state index in [0.717, 1.165) is 39.1 Å². The maximum absolute atomic E-state index is 14.2. The number of amides is 1. The maximum atomic E-state index is 14.2. The van der Waals surface area contributed by atoms with Gasteiger partial charge in [-0.05, 0) is 42.8 Å². The van der Waals surface area contributed by atoms with Crippen LogP contribution in [-0.2, 0) is 6.42 Å². The van der Waals surface area contributed by atoms with Crippen LogP contribution in [0.15, 0.2) is 36.4 Å². The number of anilines is 1. The van der Waals surface area contributed by atoms with Crippen molar-refractivity contribution < 1.29 is 9.18 Å². The van der Waals surface area contributed by atoms with Gasteiger partial charge in [0.2, 0.25) is 0 Å². The summed E-state index contributed by atoms with van der Waals surface area (Å²) in [4.78, 5) is 19.7. The van der Waals surface area contributed by atoms with Gasteiger partial charge < -0.3 is 15.1 Å². The Kier molecular flexibility index (Phi) is 6.27. The number of hydrogen-bond acceptors (Lipinski definition) is 4. The highest BCUT2D eigenvalue weighted by atomic mass is 35.5. The van der Waals surface area contributed by atoms with Crippen LogP contribution in [-0.4, -0.2) is 69.1 Å². The van der Waals surface area contributed by atoms with Crippen LogP contribution < -0.4 is 10.2 Å². The van der Waals surface area contributed by atoms with E-state index in [-0.39, 0.29) is 16.6 Å². The predicted octanol–water partition coefficient (Wildman–Crippen LogP) is 3.19. The maximum Gasteiger partial charge on any atom is 0.255 e. The minimum absolute atomic E-state index is 0.0319. The van der Waals surface area contributed by atoms with Crippen LogP contribution in [0.4, 0.5) is 10.1 Å². The molecular formula is C23H28ClFN4O. The summed E-state index contributed by atoms with van der Waals surface area (Å²) in [5.41, 5.74) is 3.72. The average molecular weight is 431 g/mol. The number of likely N-dealkylation sites (N-methyl/N-ethyl adjacent to an activating group) is 2. The summed E-state index contributed by atoms with van der Waals surface area (Å²) in [6, 6.07) is 10.9. The third-order valence-corrected chi connectivity index (χ3v) is 6.56. The molecule has 7 heteroatoms. The molecule has 2 aromatic rings. The second kappa shape index (κ2) is 8.92. The van der Waals surface area contributed by atoms with Gasteiger partial charge in [0.05, 0.1) is 16.6 Å². The van der Waals surface area contributed by atoms with E-state index in [0.29, 0.717) is 6.54 Å². The van der Waals surface area contributed by atoms with E-state index in [4.69, 9.17) is 11.6 Å². The van der Waals surface area contributed by atoms with E-state index in [1.54, 1.807) is 0 Å². The molecule has 1 atom stereocenters. The number of benzene rings is 2. The predicted molar refractivity (Wildman–Crippen MR) is 119 cm³/mol. The summed E-state index contributed by atoms with van der Waals surface area (Å²) in [6.45, 7) is 5.25. The molecule has 2 aromatic carbocycles. The largest absolute Gasteiger partial charge is 0.374 e. The van der Waals surface area contributed by atoms with Gasteiger partial charge in [-0.1, -0.05) is 29.8 Å². The van der Waals surface area contributed by atoms with Crippen molar-refractivity contribution >= 4 is 23.2 Å². The molecule has 0 spiro atoms. The van der Waals surface area contributed by atoms with Crippen molar-refractivity contribution in [1.82, 2.24) is 15.1 Å². The number of nitrogens with zero attached hydrogens (tertiary/aromatic N) is 3. The van der Waals surface area contributed by atoms with Crippen LogP contribution in [0.25, 0.3) is 0 Å². The van der Waals surface area contributed by atoms with Crippen molar-refractivity contribution in [3.63, 3.8) is 0 Å². The number of carbonyl (C=O) groups is 1. The Morgan fingerprint density at radius 2 is 1.90 bits per heavy atom. The van der Waals surface area contributed by atoms with E-state index < -0.39 is 11.7 Å². The molecule has 30 heavy (non-hydrogen) atoms. The Bertz CT molecular complexity index is 909. The zero-order valence-electron chi connectivity index (χ0n) is 17.5. The molecule has 4 rings (SSSR count). The highest BCUT2D eigenvalue weighted by Crippen LogP contribution is 2.31. The molecule has 1 amide bonds. The van der Waals surface area contributed by atoms with Crippen LogP contribution in [0.2, 0.25) is 5.02 Å². The lowest BCUT2D eigenvalue weighted by Crippen LogP contribution is -2.48. The second-order valence-electron chi connectivity index (χ2n) is 8.22. The summed E-state index contributed by atoms with van der Waals surface area (Å²) < 4.78 is 14.2. The Balaban J connectivity index is 1.56. The fraction of sp³-hybridized carbons (Fsp3) is 0.435. The topological polar surface area (TPSA) is 38.8 Å². The molecule has 0 radical (unpaired) electrons. The first-order valence-corrected chi connectivity index (χ1v) is 10.8. The smallest absolute Gasteiger partial charge is 0.255 e. The van der Waals surface area contributed by atoms with Crippen LogP contribution in [0.5, 0.6) is 0 Å². The summed E-state index contributed by atoms with van der Waals surface area (Å²) in [7, 11) is 4.24.